The molecule has 2 heterocycles. The van der Waals surface area contributed by atoms with Gasteiger partial charge < -0.3 is 9.55 Å². The van der Waals surface area contributed by atoms with Crippen molar-refractivity contribution < 1.29 is 0 Å². The van der Waals surface area contributed by atoms with Gasteiger partial charge in [-0.3, -0.25) is 0 Å². The van der Waals surface area contributed by atoms with E-state index in [1.807, 2.05) is 11.3 Å². The number of nitrogens with one attached hydrogen (secondary N) is 1. The first-order chi connectivity index (χ1) is 9.74. The van der Waals surface area contributed by atoms with Gasteiger partial charge in [-0.25, -0.2) is 0 Å². The lowest BCUT2D eigenvalue weighted by Crippen LogP contribution is -2.15. The standard InChI is InChI=1S/C16H16N2S2/c1-10-5-6-12-14(9-10)18(16(19)17-12)13-3-2-4-15-11(13)7-8-20-15/h5-9,13H,2-4H2,1H3,(H,17,19). The van der Waals surface area contributed by atoms with E-state index in [4.69, 9.17) is 12.2 Å². The molecule has 2 nitrogen and oxygen atoms in total. The zero-order valence-electron chi connectivity index (χ0n) is 11.3. The summed E-state index contributed by atoms with van der Waals surface area (Å²) in [4.78, 5) is 4.89. The fourth-order valence-corrected chi connectivity index (χ4v) is 4.59. The number of nitrogens with zero attached hydrogens (tertiary/aromatic N) is 1. The third-order valence-electron chi connectivity index (χ3n) is 4.21. The van der Waals surface area contributed by atoms with E-state index in [0.29, 0.717) is 6.04 Å². The van der Waals surface area contributed by atoms with E-state index in [9.17, 15) is 0 Å². The number of benzene rings is 1. The Balaban J connectivity index is 1.98. The fraction of sp³-hybridized carbons (Fsp3) is 0.312. The van der Waals surface area contributed by atoms with Gasteiger partial charge in [0.2, 0.25) is 0 Å². The topological polar surface area (TPSA) is 20.7 Å². The Bertz CT molecular complexity index is 838. The fourth-order valence-electron chi connectivity index (χ4n) is 3.27. The summed E-state index contributed by atoms with van der Waals surface area (Å²) in [6.07, 6.45) is 3.65. The van der Waals surface area contributed by atoms with Crippen LogP contribution in [0.3, 0.4) is 0 Å². The maximum absolute atomic E-state index is 5.59. The highest BCUT2D eigenvalue weighted by Gasteiger charge is 2.24. The average molecular weight is 300 g/mol. The molecule has 3 aromatic rings. The van der Waals surface area contributed by atoms with Crippen molar-refractivity contribution in [2.45, 2.75) is 32.2 Å². The molecule has 2 aromatic heterocycles. The van der Waals surface area contributed by atoms with Gasteiger partial charge in [0.15, 0.2) is 4.77 Å². The highest BCUT2D eigenvalue weighted by Crippen LogP contribution is 2.37. The first-order valence-corrected chi connectivity index (χ1v) is 8.30. The van der Waals surface area contributed by atoms with Gasteiger partial charge >= 0.3 is 0 Å². The molecule has 102 valence electrons. The number of aromatic amines is 1. The van der Waals surface area contributed by atoms with Crippen molar-refractivity contribution in [2.24, 2.45) is 0 Å². The van der Waals surface area contributed by atoms with Crippen LogP contribution < -0.4 is 0 Å². The van der Waals surface area contributed by atoms with E-state index < -0.39 is 0 Å². The Morgan fingerprint density at radius 3 is 3.15 bits per heavy atom. The summed E-state index contributed by atoms with van der Waals surface area (Å²) in [5.41, 5.74) is 5.13. The van der Waals surface area contributed by atoms with Crippen molar-refractivity contribution in [2.75, 3.05) is 0 Å². The smallest absolute Gasteiger partial charge is 0.178 e. The summed E-state index contributed by atoms with van der Waals surface area (Å²) in [5.74, 6) is 0. The lowest BCUT2D eigenvalue weighted by Gasteiger charge is -2.24. The van der Waals surface area contributed by atoms with Crippen molar-refractivity contribution in [3.05, 3.63) is 50.4 Å². The molecule has 0 radical (unpaired) electrons. The molecule has 0 saturated heterocycles. The Morgan fingerprint density at radius 1 is 1.35 bits per heavy atom. The Labute approximate surface area is 127 Å². The number of rotatable bonds is 1. The quantitative estimate of drug-likeness (QED) is 0.628. The van der Waals surface area contributed by atoms with Gasteiger partial charge in [-0.1, -0.05) is 6.07 Å². The molecule has 1 unspecified atom stereocenters. The third-order valence-corrected chi connectivity index (χ3v) is 5.50. The second-order valence-corrected chi connectivity index (χ2v) is 6.92. The molecule has 1 aliphatic carbocycles. The molecule has 1 aliphatic rings. The molecule has 0 aliphatic heterocycles. The minimum Gasteiger partial charge on any atom is -0.331 e. The molecule has 1 atom stereocenters. The highest BCUT2D eigenvalue weighted by atomic mass is 32.1. The lowest BCUT2D eigenvalue weighted by atomic mass is 9.93. The molecule has 4 heteroatoms. The number of fused-ring (bicyclic) bond motifs is 2. The number of hydrogen-bond acceptors (Lipinski definition) is 2. The molecular weight excluding hydrogens is 284 g/mol. The van der Waals surface area contributed by atoms with Gasteiger partial charge in [0, 0.05) is 4.88 Å². The van der Waals surface area contributed by atoms with Crippen LogP contribution in [0.5, 0.6) is 0 Å². The van der Waals surface area contributed by atoms with Crippen LogP contribution in [0.15, 0.2) is 29.6 Å². The number of H-pyrrole nitrogens is 1. The lowest BCUT2D eigenvalue weighted by molar-refractivity contribution is 0.500. The highest BCUT2D eigenvalue weighted by molar-refractivity contribution is 7.71. The zero-order valence-corrected chi connectivity index (χ0v) is 13.0. The zero-order chi connectivity index (χ0) is 13.7. The van der Waals surface area contributed by atoms with E-state index in [1.165, 1.54) is 40.8 Å². The monoisotopic (exact) mass is 300 g/mol. The van der Waals surface area contributed by atoms with Crippen molar-refractivity contribution >= 4 is 34.6 Å². The second kappa shape index (κ2) is 4.57. The molecule has 1 N–H and O–H groups in total. The minimum atomic E-state index is 0.396. The Hall–Kier alpha value is -1.39. The average Bonchev–Trinajstić information content (AvgIpc) is 3.02. The normalized spacial score (nSPS) is 18.4. The molecule has 1 aromatic carbocycles. The molecular formula is C16H16N2S2. The summed E-state index contributed by atoms with van der Waals surface area (Å²) in [6.45, 7) is 2.14. The molecule has 4 rings (SSSR count). The van der Waals surface area contributed by atoms with Gasteiger partial charge in [0.25, 0.3) is 0 Å². The van der Waals surface area contributed by atoms with E-state index in [1.54, 1.807) is 0 Å². The molecule has 0 bridgehead atoms. The van der Waals surface area contributed by atoms with Gasteiger partial charge in [-0.15, -0.1) is 11.3 Å². The van der Waals surface area contributed by atoms with Gasteiger partial charge in [-0.2, -0.15) is 0 Å². The van der Waals surface area contributed by atoms with E-state index >= 15 is 0 Å². The van der Waals surface area contributed by atoms with Crippen molar-refractivity contribution in [3.8, 4) is 0 Å². The van der Waals surface area contributed by atoms with Crippen molar-refractivity contribution in [1.82, 2.24) is 9.55 Å². The maximum Gasteiger partial charge on any atom is 0.178 e. The largest absolute Gasteiger partial charge is 0.331 e. The van der Waals surface area contributed by atoms with Crippen LogP contribution in [0.4, 0.5) is 0 Å². The van der Waals surface area contributed by atoms with Crippen molar-refractivity contribution in [3.63, 3.8) is 0 Å². The number of thiophene rings is 1. The Morgan fingerprint density at radius 2 is 2.25 bits per heavy atom. The number of aromatic nitrogens is 2. The van der Waals surface area contributed by atoms with Crippen LogP contribution in [0.25, 0.3) is 11.0 Å². The molecule has 0 spiro atoms. The Kier molecular flexibility index (Phi) is 2.82. The van der Waals surface area contributed by atoms with E-state index in [-0.39, 0.29) is 0 Å². The van der Waals surface area contributed by atoms with Crippen LogP contribution in [0.2, 0.25) is 0 Å². The predicted molar refractivity (Wildman–Crippen MR) is 87.3 cm³/mol. The van der Waals surface area contributed by atoms with Crippen LogP contribution in [-0.2, 0) is 6.42 Å². The van der Waals surface area contributed by atoms with Gasteiger partial charge in [0.05, 0.1) is 17.1 Å². The minimum absolute atomic E-state index is 0.396. The summed E-state index contributed by atoms with van der Waals surface area (Å²) in [7, 11) is 0. The molecule has 0 saturated carbocycles. The first kappa shape index (κ1) is 12.4. The van der Waals surface area contributed by atoms with Crippen molar-refractivity contribution in [1.29, 1.82) is 0 Å². The molecule has 0 fully saturated rings. The van der Waals surface area contributed by atoms with E-state index in [0.717, 1.165) is 10.3 Å². The van der Waals surface area contributed by atoms with Crippen LogP contribution in [-0.4, -0.2) is 9.55 Å². The number of imidazole rings is 1. The third kappa shape index (κ3) is 1.79. The summed E-state index contributed by atoms with van der Waals surface area (Å²) >= 11 is 7.47. The first-order valence-electron chi connectivity index (χ1n) is 7.01. The summed E-state index contributed by atoms with van der Waals surface area (Å²) in [5, 5.41) is 2.21. The molecule has 20 heavy (non-hydrogen) atoms. The summed E-state index contributed by atoms with van der Waals surface area (Å²) < 4.78 is 3.16. The van der Waals surface area contributed by atoms with Gasteiger partial charge in [-0.05, 0) is 73.1 Å². The van der Waals surface area contributed by atoms with Crippen LogP contribution >= 0.6 is 23.6 Å². The second-order valence-electron chi connectivity index (χ2n) is 5.53. The number of hydrogen-bond donors (Lipinski definition) is 1. The SMILES string of the molecule is Cc1ccc2[nH]c(=S)n(C3CCCc4sccc43)c2c1. The predicted octanol–water partition coefficient (Wildman–Crippen LogP) is 4.99. The van der Waals surface area contributed by atoms with Gasteiger partial charge in [0.1, 0.15) is 0 Å². The van der Waals surface area contributed by atoms with E-state index in [2.05, 4.69) is 46.1 Å². The van der Waals surface area contributed by atoms with Crippen LogP contribution in [0.1, 0.15) is 34.9 Å². The number of aryl methyl sites for hydroxylation is 2. The van der Waals surface area contributed by atoms with Crippen LogP contribution in [0, 0.1) is 11.7 Å². The summed E-state index contributed by atoms with van der Waals surface area (Å²) in [6, 6.07) is 9.18. The molecule has 0 amide bonds. The maximum atomic E-state index is 5.59.